The molecule has 0 radical (unpaired) electrons. The molecule has 2 N–H and O–H groups in total. The van der Waals surface area contributed by atoms with E-state index in [1.807, 2.05) is 0 Å². The molecule has 1 rings (SSSR count). The topological polar surface area (TPSA) is 61.8 Å². The van der Waals surface area contributed by atoms with Gasteiger partial charge in [0.25, 0.3) is 5.91 Å². The lowest BCUT2D eigenvalue weighted by Gasteiger charge is -2.19. The Labute approximate surface area is 120 Å². The quantitative estimate of drug-likeness (QED) is 0.763. The van der Waals surface area contributed by atoms with E-state index in [1.54, 1.807) is 18.2 Å². The van der Waals surface area contributed by atoms with Crippen LogP contribution in [0.3, 0.4) is 0 Å². The van der Waals surface area contributed by atoms with Gasteiger partial charge in [-0.05, 0) is 31.6 Å². The van der Waals surface area contributed by atoms with E-state index in [2.05, 4.69) is 24.1 Å². The normalized spacial score (nSPS) is 10.6. The molecule has 5 heteroatoms. The molecule has 0 heterocycles. The van der Waals surface area contributed by atoms with E-state index in [-0.39, 0.29) is 17.2 Å². The molecule has 0 aromatic heterocycles. The highest BCUT2D eigenvalue weighted by Crippen LogP contribution is 2.28. The lowest BCUT2D eigenvalue weighted by molar-refractivity contribution is 0.0945. The van der Waals surface area contributed by atoms with E-state index >= 15 is 0 Å². The second-order valence-electron chi connectivity index (χ2n) is 4.55. The summed E-state index contributed by atoms with van der Waals surface area (Å²) < 4.78 is 4.99. The van der Waals surface area contributed by atoms with Crippen LogP contribution in [0, 0.1) is 0 Å². The number of carbonyl (C=O) groups excluding carboxylic acids is 1. The van der Waals surface area contributed by atoms with Gasteiger partial charge in [0.1, 0.15) is 0 Å². The molecule has 5 nitrogen and oxygen atoms in total. The summed E-state index contributed by atoms with van der Waals surface area (Å²) in [4.78, 5) is 14.3. The number of hydrogen-bond acceptors (Lipinski definition) is 4. The number of hydrogen-bond donors (Lipinski definition) is 2. The molecule has 1 amide bonds. The van der Waals surface area contributed by atoms with Crippen LogP contribution < -0.4 is 10.1 Å². The number of nitrogens with zero attached hydrogens (tertiary/aromatic N) is 1. The van der Waals surface area contributed by atoms with Crippen LogP contribution >= 0.6 is 0 Å². The number of nitrogens with one attached hydrogen (secondary N) is 1. The zero-order valence-electron chi connectivity index (χ0n) is 12.5. The minimum absolute atomic E-state index is 0.117. The third-order valence-electron chi connectivity index (χ3n) is 3.16. The van der Waals surface area contributed by atoms with Crippen molar-refractivity contribution in [2.45, 2.75) is 20.3 Å². The Bertz CT molecular complexity index is 435. The monoisotopic (exact) mass is 280 g/mol. The number of para-hydroxylation sites is 1. The number of likely N-dealkylation sites (N-methyl/N-ethyl adjacent to an activating group) is 1. The number of rotatable bonds is 8. The zero-order valence-corrected chi connectivity index (χ0v) is 12.5. The number of aromatic hydroxyl groups is 1. The summed E-state index contributed by atoms with van der Waals surface area (Å²) in [5.74, 6) is -0.0961. The largest absolute Gasteiger partial charge is 0.504 e. The average molecular weight is 280 g/mol. The van der Waals surface area contributed by atoms with E-state index < -0.39 is 0 Å². The molecule has 20 heavy (non-hydrogen) atoms. The maximum absolute atomic E-state index is 12.0. The van der Waals surface area contributed by atoms with Gasteiger partial charge in [-0.3, -0.25) is 4.79 Å². The summed E-state index contributed by atoms with van der Waals surface area (Å²) in [6.45, 7) is 7.59. The van der Waals surface area contributed by atoms with Gasteiger partial charge in [-0.25, -0.2) is 0 Å². The van der Waals surface area contributed by atoms with Crippen molar-refractivity contribution in [2.24, 2.45) is 0 Å². The molecule has 0 aliphatic carbocycles. The fraction of sp³-hybridized carbons (Fsp3) is 0.533. The van der Waals surface area contributed by atoms with Crippen molar-refractivity contribution < 1.29 is 14.6 Å². The van der Waals surface area contributed by atoms with Crippen molar-refractivity contribution in [2.75, 3.05) is 33.3 Å². The van der Waals surface area contributed by atoms with E-state index in [0.717, 1.165) is 26.1 Å². The fourth-order valence-electron chi connectivity index (χ4n) is 2.04. The first-order chi connectivity index (χ1) is 9.63. The Kier molecular flexibility index (Phi) is 6.87. The smallest absolute Gasteiger partial charge is 0.255 e. The van der Waals surface area contributed by atoms with Crippen LogP contribution in [-0.2, 0) is 0 Å². The molecule has 1 aromatic carbocycles. The molecular weight excluding hydrogens is 256 g/mol. The van der Waals surface area contributed by atoms with Crippen molar-refractivity contribution in [1.82, 2.24) is 10.2 Å². The van der Waals surface area contributed by atoms with Crippen LogP contribution in [0.25, 0.3) is 0 Å². The molecule has 0 spiro atoms. The van der Waals surface area contributed by atoms with Gasteiger partial charge in [0.05, 0.1) is 12.7 Å². The van der Waals surface area contributed by atoms with Crippen LogP contribution in [0.5, 0.6) is 11.5 Å². The summed E-state index contributed by atoms with van der Waals surface area (Å²) in [5, 5.41) is 12.7. The fourth-order valence-corrected chi connectivity index (χ4v) is 2.04. The molecule has 0 unspecified atom stereocenters. The van der Waals surface area contributed by atoms with Crippen molar-refractivity contribution in [3.05, 3.63) is 23.8 Å². The van der Waals surface area contributed by atoms with Crippen molar-refractivity contribution >= 4 is 5.91 Å². The molecule has 0 saturated carbocycles. The van der Waals surface area contributed by atoms with Crippen LogP contribution in [0.1, 0.15) is 30.6 Å². The van der Waals surface area contributed by atoms with E-state index in [1.165, 1.54) is 7.11 Å². The summed E-state index contributed by atoms with van der Waals surface area (Å²) in [5.41, 5.74) is 0.239. The molecule has 0 fully saturated rings. The summed E-state index contributed by atoms with van der Waals surface area (Å²) in [6.07, 6.45) is 1.10. The molecule has 0 atom stereocenters. The standard InChI is InChI=1S/C15H24N2O3/c1-4-10-17(5-2)11-9-16-15(19)12-7-6-8-13(20-3)14(12)18/h6-8,18H,4-5,9-11H2,1-3H3,(H,16,19). The molecule has 112 valence electrons. The Hall–Kier alpha value is -1.75. The highest BCUT2D eigenvalue weighted by atomic mass is 16.5. The Balaban J connectivity index is 2.55. The Morgan fingerprint density at radius 1 is 1.35 bits per heavy atom. The number of phenols is 1. The molecule has 0 bridgehead atoms. The number of ether oxygens (including phenoxy) is 1. The van der Waals surface area contributed by atoms with Gasteiger partial charge in [-0.1, -0.05) is 19.9 Å². The third kappa shape index (κ3) is 4.42. The predicted molar refractivity (Wildman–Crippen MR) is 79.4 cm³/mol. The minimum atomic E-state index is -0.283. The summed E-state index contributed by atoms with van der Waals surface area (Å²) >= 11 is 0. The van der Waals surface area contributed by atoms with Gasteiger partial charge < -0.3 is 20.1 Å². The lowest BCUT2D eigenvalue weighted by atomic mass is 10.1. The van der Waals surface area contributed by atoms with E-state index in [9.17, 15) is 9.90 Å². The Morgan fingerprint density at radius 2 is 2.10 bits per heavy atom. The number of amides is 1. The van der Waals surface area contributed by atoms with Crippen molar-refractivity contribution in [3.63, 3.8) is 0 Å². The number of methoxy groups -OCH3 is 1. The van der Waals surface area contributed by atoms with Gasteiger partial charge in [-0.2, -0.15) is 0 Å². The average Bonchev–Trinajstić information content (AvgIpc) is 2.46. The second-order valence-corrected chi connectivity index (χ2v) is 4.55. The predicted octanol–water partition coefficient (Wildman–Crippen LogP) is 1.86. The lowest BCUT2D eigenvalue weighted by Crippen LogP contribution is -2.35. The first kappa shape index (κ1) is 16.3. The molecule has 0 aliphatic heterocycles. The molecular formula is C15H24N2O3. The number of benzene rings is 1. The van der Waals surface area contributed by atoms with Crippen molar-refractivity contribution in [1.29, 1.82) is 0 Å². The van der Waals surface area contributed by atoms with Gasteiger partial charge in [0.15, 0.2) is 11.5 Å². The maximum Gasteiger partial charge on any atom is 0.255 e. The van der Waals surface area contributed by atoms with Gasteiger partial charge in [0.2, 0.25) is 0 Å². The van der Waals surface area contributed by atoms with E-state index in [0.29, 0.717) is 12.3 Å². The van der Waals surface area contributed by atoms with Crippen LogP contribution in [0.4, 0.5) is 0 Å². The summed E-state index contributed by atoms with van der Waals surface area (Å²) in [6, 6.07) is 4.88. The van der Waals surface area contributed by atoms with Gasteiger partial charge >= 0.3 is 0 Å². The number of phenolic OH excluding ortho intramolecular Hbond substituents is 1. The molecule has 0 aliphatic rings. The first-order valence-electron chi connectivity index (χ1n) is 7.00. The van der Waals surface area contributed by atoms with E-state index in [4.69, 9.17) is 4.74 Å². The molecule has 0 saturated heterocycles. The highest BCUT2D eigenvalue weighted by molar-refractivity contribution is 5.97. The first-order valence-corrected chi connectivity index (χ1v) is 7.00. The number of carbonyl (C=O) groups is 1. The van der Waals surface area contributed by atoms with Crippen LogP contribution in [-0.4, -0.2) is 49.2 Å². The van der Waals surface area contributed by atoms with Crippen LogP contribution in [0.15, 0.2) is 18.2 Å². The maximum atomic E-state index is 12.0. The van der Waals surface area contributed by atoms with Gasteiger partial charge in [0, 0.05) is 13.1 Å². The highest BCUT2D eigenvalue weighted by Gasteiger charge is 2.14. The summed E-state index contributed by atoms with van der Waals surface area (Å²) in [7, 11) is 1.46. The SMILES string of the molecule is CCCN(CC)CCNC(=O)c1cccc(OC)c1O. The van der Waals surface area contributed by atoms with Gasteiger partial charge in [-0.15, -0.1) is 0 Å². The minimum Gasteiger partial charge on any atom is -0.504 e. The molecule has 1 aromatic rings. The third-order valence-corrected chi connectivity index (χ3v) is 3.16. The zero-order chi connectivity index (χ0) is 15.0. The van der Waals surface area contributed by atoms with Crippen molar-refractivity contribution in [3.8, 4) is 11.5 Å². The Morgan fingerprint density at radius 3 is 2.70 bits per heavy atom. The second kappa shape index (κ2) is 8.43. The van der Waals surface area contributed by atoms with Crippen LogP contribution in [0.2, 0.25) is 0 Å².